The van der Waals surface area contributed by atoms with Gasteiger partial charge in [0.05, 0.1) is 18.0 Å². The number of thiophene rings is 1. The van der Waals surface area contributed by atoms with Gasteiger partial charge in [0.25, 0.3) is 5.91 Å². The first-order chi connectivity index (χ1) is 25.0. The number of benzene rings is 4. The number of aliphatic hydroxyl groups is 1. The number of alkyl halides is 3. The predicted molar refractivity (Wildman–Crippen MR) is 197 cm³/mol. The molecule has 1 unspecified atom stereocenters. The minimum Gasteiger partial charge on any atom is -0.386 e. The molecule has 1 aliphatic rings. The number of hydrogen-bond acceptors (Lipinski definition) is 5. The van der Waals surface area contributed by atoms with Gasteiger partial charge in [0.1, 0.15) is 6.10 Å². The Labute approximate surface area is 305 Å². The molecule has 52 heavy (non-hydrogen) atoms. The quantitative estimate of drug-likeness (QED) is 0.140. The Hall–Kier alpha value is -5.06. The topological polar surface area (TPSA) is 77.9 Å². The van der Waals surface area contributed by atoms with Crippen molar-refractivity contribution in [3.05, 3.63) is 142 Å². The number of halogens is 3. The normalized spacial score (nSPS) is 15.6. The smallest absolute Gasteiger partial charge is 0.386 e. The Bertz CT molecular complexity index is 1960. The van der Waals surface area contributed by atoms with Crippen molar-refractivity contribution in [1.82, 2.24) is 9.80 Å². The van der Waals surface area contributed by atoms with Crippen LogP contribution in [0.2, 0.25) is 0 Å². The third-order valence-electron chi connectivity index (χ3n) is 9.56. The number of rotatable bonds is 12. The molecule has 1 fully saturated rings. The van der Waals surface area contributed by atoms with E-state index in [-0.39, 0.29) is 36.9 Å². The van der Waals surface area contributed by atoms with Crippen molar-refractivity contribution < 1.29 is 32.7 Å². The highest BCUT2D eigenvalue weighted by molar-refractivity contribution is 7.10. The molecule has 268 valence electrons. The Morgan fingerprint density at radius 3 is 2.00 bits per heavy atom. The number of likely N-dealkylation sites (tertiary alicyclic amines) is 1. The number of aliphatic hydroxyl groups excluding tert-OH is 1. The van der Waals surface area contributed by atoms with Gasteiger partial charge in [-0.1, -0.05) is 84.9 Å². The molecular weight excluding hydrogens is 686 g/mol. The van der Waals surface area contributed by atoms with E-state index >= 15 is 0 Å². The number of Topliss-reactive ketones (excluding diaryl/α,β-unsaturated/α-hetero) is 1. The average molecular weight is 725 g/mol. The van der Waals surface area contributed by atoms with Gasteiger partial charge in [-0.2, -0.15) is 13.2 Å². The second-order valence-electron chi connectivity index (χ2n) is 13.1. The van der Waals surface area contributed by atoms with Crippen LogP contribution in [0, 0.1) is 0 Å². The summed E-state index contributed by atoms with van der Waals surface area (Å²) in [6, 6.07) is 31.4. The van der Waals surface area contributed by atoms with Crippen LogP contribution in [0.1, 0.15) is 46.1 Å². The average Bonchev–Trinajstić information content (AvgIpc) is 3.85. The van der Waals surface area contributed by atoms with E-state index in [1.165, 1.54) is 35.3 Å². The summed E-state index contributed by atoms with van der Waals surface area (Å²) in [4.78, 5) is 46.1. The molecule has 0 spiro atoms. The zero-order chi connectivity index (χ0) is 36.8. The van der Waals surface area contributed by atoms with Gasteiger partial charge < -0.3 is 14.9 Å². The minimum atomic E-state index is -4.45. The highest BCUT2D eigenvalue weighted by Gasteiger charge is 2.38. The highest BCUT2D eigenvalue weighted by Crippen LogP contribution is 2.32. The summed E-state index contributed by atoms with van der Waals surface area (Å²) in [6.45, 7) is 2.01. The van der Waals surface area contributed by atoms with E-state index < -0.39 is 35.6 Å². The number of hydrogen-bond donors (Lipinski definition) is 1. The van der Waals surface area contributed by atoms with Crippen LogP contribution in [0.3, 0.4) is 0 Å². The lowest BCUT2D eigenvalue weighted by molar-refractivity contribution is -0.137. The predicted octanol–water partition coefficient (Wildman–Crippen LogP) is 8.34. The number of amides is 2. The van der Waals surface area contributed by atoms with Gasteiger partial charge in [-0.25, -0.2) is 0 Å². The molecule has 1 aliphatic heterocycles. The van der Waals surface area contributed by atoms with Gasteiger partial charge in [-0.3, -0.25) is 14.4 Å². The lowest BCUT2D eigenvalue weighted by atomic mass is 9.94. The molecule has 1 saturated heterocycles. The van der Waals surface area contributed by atoms with E-state index in [0.717, 1.165) is 40.1 Å². The van der Waals surface area contributed by atoms with Gasteiger partial charge in [0.15, 0.2) is 5.78 Å². The molecule has 0 bridgehead atoms. The van der Waals surface area contributed by atoms with Crippen LogP contribution >= 0.6 is 11.3 Å². The molecule has 10 heteroatoms. The summed E-state index contributed by atoms with van der Waals surface area (Å²) in [5.41, 5.74) is 3.52. The SMILES string of the molecule is CC(O)C(=O)[C@H](Cc1ccc(-c2ccccc2)cc1)N(C[C@H]1CCCN1C(=O)Cc1cccs1)C(=O)c1ccc(-c2ccc(C(F)(F)F)cc2)cc1. The second-order valence-corrected chi connectivity index (χ2v) is 14.1. The molecule has 2 heterocycles. The standard InChI is InChI=1S/C42H39F3N2O4S/c1-28(48)40(50)38(25-29-11-13-31(14-12-29)30-7-3-2-4-8-30)47(27-36-9-5-23-46(36)39(49)26-37-10-6-24-52-37)41(51)34-17-15-32(16-18-34)33-19-21-35(22-20-33)42(43,44)45/h2-4,6-8,10-22,24,28,36,38,48H,5,9,23,25-27H2,1H3/t28?,36-,38+/m1/s1. The van der Waals surface area contributed by atoms with Crippen LogP contribution in [-0.2, 0) is 28.6 Å². The fraction of sp³-hybridized carbons (Fsp3) is 0.262. The second kappa shape index (κ2) is 16.1. The monoisotopic (exact) mass is 724 g/mol. The van der Waals surface area contributed by atoms with Crippen molar-refractivity contribution in [2.24, 2.45) is 0 Å². The van der Waals surface area contributed by atoms with Gasteiger partial charge >= 0.3 is 6.18 Å². The first-order valence-corrected chi connectivity index (χ1v) is 18.1. The van der Waals surface area contributed by atoms with Gasteiger partial charge in [-0.05, 0) is 83.3 Å². The van der Waals surface area contributed by atoms with Crippen molar-refractivity contribution >= 4 is 28.9 Å². The number of ketones is 1. The fourth-order valence-corrected chi connectivity index (χ4v) is 7.44. The fourth-order valence-electron chi connectivity index (χ4n) is 6.75. The zero-order valence-corrected chi connectivity index (χ0v) is 29.4. The molecule has 4 aromatic carbocycles. The lowest BCUT2D eigenvalue weighted by Crippen LogP contribution is -2.54. The van der Waals surface area contributed by atoms with Crippen molar-refractivity contribution in [3.63, 3.8) is 0 Å². The summed E-state index contributed by atoms with van der Waals surface area (Å²) in [5.74, 6) is -1.01. The van der Waals surface area contributed by atoms with Crippen molar-refractivity contribution in [1.29, 1.82) is 0 Å². The van der Waals surface area contributed by atoms with Crippen molar-refractivity contribution in [2.75, 3.05) is 13.1 Å². The minimum absolute atomic E-state index is 0.0480. The molecule has 0 saturated carbocycles. The lowest BCUT2D eigenvalue weighted by Gasteiger charge is -2.36. The largest absolute Gasteiger partial charge is 0.416 e. The first-order valence-electron chi connectivity index (χ1n) is 17.2. The van der Waals surface area contributed by atoms with Crippen molar-refractivity contribution in [2.45, 2.75) is 57.0 Å². The maximum atomic E-state index is 14.5. The van der Waals surface area contributed by atoms with Gasteiger partial charge in [0.2, 0.25) is 5.91 Å². The van der Waals surface area contributed by atoms with Crippen LogP contribution in [-0.4, -0.2) is 63.8 Å². The van der Waals surface area contributed by atoms with E-state index in [9.17, 15) is 32.7 Å². The molecule has 2 amide bonds. The highest BCUT2D eigenvalue weighted by atomic mass is 32.1. The van der Waals surface area contributed by atoms with Crippen LogP contribution in [0.5, 0.6) is 0 Å². The summed E-state index contributed by atoms with van der Waals surface area (Å²) in [7, 11) is 0. The van der Waals surface area contributed by atoms with Crippen LogP contribution in [0.15, 0.2) is 121 Å². The molecule has 1 N–H and O–H groups in total. The Balaban J connectivity index is 1.31. The molecular formula is C42H39F3N2O4S. The van der Waals surface area contributed by atoms with E-state index in [4.69, 9.17) is 0 Å². The van der Waals surface area contributed by atoms with Crippen molar-refractivity contribution in [3.8, 4) is 22.3 Å². The Morgan fingerprint density at radius 1 is 0.827 bits per heavy atom. The molecule has 6 rings (SSSR count). The number of carbonyl (C=O) groups excluding carboxylic acids is 3. The maximum Gasteiger partial charge on any atom is 0.416 e. The number of nitrogens with zero attached hydrogens (tertiary/aromatic N) is 2. The van der Waals surface area contributed by atoms with E-state index in [2.05, 4.69) is 0 Å². The van der Waals surface area contributed by atoms with Gasteiger partial charge in [-0.15, -0.1) is 11.3 Å². The Kier molecular flexibility index (Phi) is 11.4. The Morgan fingerprint density at radius 2 is 1.42 bits per heavy atom. The van der Waals surface area contributed by atoms with E-state index in [1.807, 2.05) is 72.1 Å². The van der Waals surface area contributed by atoms with Crippen LogP contribution in [0.25, 0.3) is 22.3 Å². The molecule has 3 atom stereocenters. The summed E-state index contributed by atoms with van der Waals surface area (Å²) in [5, 5.41) is 12.5. The molecule has 1 aromatic heterocycles. The van der Waals surface area contributed by atoms with Crippen LogP contribution in [0.4, 0.5) is 13.2 Å². The maximum absolute atomic E-state index is 14.5. The third-order valence-corrected chi connectivity index (χ3v) is 10.4. The molecule has 0 aliphatic carbocycles. The summed E-state index contributed by atoms with van der Waals surface area (Å²) in [6.07, 6.45) is -4.02. The summed E-state index contributed by atoms with van der Waals surface area (Å²) >= 11 is 1.51. The molecule has 6 nitrogen and oxygen atoms in total. The van der Waals surface area contributed by atoms with E-state index in [0.29, 0.717) is 24.1 Å². The third kappa shape index (κ3) is 8.69. The number of carbonyl (C=O) groups is 3. The first kappa shape index (κ1) is 36.7. The zero-order valence-electron chi connectivity index (χ0n) is 28.6. The summed E-state index contributed by atoms with van der Waals surface area (Å²) < 4.78 is 39.4. The van der Waals surface area contributed by atoms with Crippen LogP contribution < -0.4 is 0 Å². The molecule has 5 aromatic rings. The van der Waals surface area contributed by atoms with E-state index in [1.54, 1.807) is 29.2 Å². The van der Waals surface area contributed by atoms with Gasteiger partial charge in [0, 0.05) is 36.0 Å². The molecule has 0 radical (unpaired) electrons.